The quantitative estimate of drug-likeness (QED) is 0.773. The Morgan fingerprint density at radius 1 is 1.24 bits per heavy atom. The van der Waals surface area contributed by atoms with Gasteiger partial charge in [-0.25, -0.2) is 0 Å². The highest BCUT2D eigenvalue weighted by molar-refractivity contribution is 5.30. The number of hydrogen-bond donors (Lipinski definition) is 1. The van der Waals surface area contributed by atoms with Crippen molar-refractivity contribution in [3.05, 3.63) is 29.8 Å². The van der Waals surface area contributed by atoms with Gasteiger partial charge in [-0.3, -0.25) is 0 Å². The van der Waals surface area contributed by atoms with E-state index in [1.54, 1.807) is 0 Å². The molecule has 0 fully saturated rings. The molecule has 0 saturated carbocycles. The molecule has 2 unspecified atom stereocenters. The van der Waals surface area contributed by atoms with Gasteiger partial charge >= 0.3 is 0 Å². The van der Waals surface area contributed by atoms with Crippen molar-refractivity contribution >= 4 is 0 Å². The Hall–Kier alpha value is -1.02. The molecule has 0 amide bonds. The molecule has 0 spiro atoms. The monoisotopic (exact) mass is 235 g/mol. The second-order valence-electron chi connectivity index (χ2n) is 4.62. The van der Waals surface area contributed by atoms with Gasteiger partial charge in [-0.15, -0.1) is 0 Å². The Morgan fingerprint density at radius 3 is 2.65 bits per heavy atom. The molecule has 0 radical (unpaired) electrons. The van der Waals surface area contributed by atoms with Crippen LogP contribution in [-0.4, -0.2) is 12.6 Å². The molecule has 1 aromatic carbocycles. The fourth-order valence-corrected chi connectivity index (χ4v) is 1.73. The number of hydrogen-bond acceptors (Lipinski definition) is 2. The van der Waals surface area contributed by atoms with E-state index in [9.17, 15) is 0 Å². The third-order valence-electron chi connectivity index (χ3n) is 2.98. The van der Waals surface area contributed by atoms with Crippen LogP contribution in [0, 0.1) is 0 Å². The van der Waals surface area contributed by atoms with Crippen molar-refractivity contribution in [3.8, 4) is 5.75 Å². The molecular formula is C15H25NO. The predicted molar refractivity (Wildman–Crippen MR) is 73.5 cm³/mol. The topological polar surface area (TPSA) is 21.3 Å². The van der Waals surface area contributed by atoms with E-state index in [1.807, 2.05) is 6.07 Å². The lowest BCUT2D eigenvalue weighted by atomic mass is 10.1. The summed E-state index contributed by atoms with van der Waals surface area (Å²) in [5, 5.41) is 3.57. The standard InChI is InChI=1S/C15H25NO/c1-5-10-17-15-9-7-8-14(11-15)13(4)16-12(3)6-2/h7-9,11-13,16H,5-6,10H2,1-4H3. The lowest BCUT2D eigenvalue weighted by Gasteiger charge is -2.19. The van der Waals surface area contributed by atoms with Crippen molar-refractivity contribution < 1.29 is 4.74 Å². The summed E-state index contributed by atoms with van der Waals surface area (Å²) in [6, 6.07) is 9.29. The first-order valence-electron chi connectivity index (χ1n) is 6.66. The van der Waals surface area contributed by atoms with E-state index in [0.29, 0.717) is 12.1 Å². The molecule has 2 atom stereocenters. The Balaban J connectivity index is 2.63. The molecule has 17 heavy (non-hydrogen) atoms. The Morgan fingerprint density at radius 2 is 2.00 bits per heavy atom. The average molecular weight is 235 g/mol. The van der Waals surface area contributed by atoms with Gasteiger partial charge in [-0.05, 0) is 44.4 Å². The fourth-order valence-electron chi connectivity index (χ4n) is 1.73. The largest absolute Gasteiger partial charge is 0.494 e. The van der Waals surface area contributed by atoms with Crippen LogP contribution in [0.4, 0.5) is 0 Å². The molecule has 2 heteroatoms. The smallest absolute Gasteiger partial charge is 0.119 e. The summed E-state index contributed by atoms with van der Waals surface area (Å²) in [6.45, 7) is 9.53. The van der Waals surface area contributed by atoms with Crippen LogP contribution in [0.15, 0.2) is 24.3 Å². The van der Waals surface area contributed by atoms with Crippen molar-refractivity contribution in [1.82, 2.24) is 5.32 Å². The second kappa shape index (κ2) is 7.33. The summed E-state index contributed by atoms with van der Waals surface area (Å²) >= 11 is 0. The second-order valence-corrected chi connectivity index (χ2v) is 4.62. The molecule has 0 heterocycles. The van der Waals surface area contributed by atoms with Crippen molar-refractivity contribution in [2.24, 2.45) is 0 Å². The van der Waals surface area contributed by atoms with Crippen LogP contribution in [-0.2, 0) is 0 Å². The summed E-state index contributed by atoms with van der Waals surface area (Å²) in [4.78, 5) is 0. The minimum absolute atomic E-state index is 0.370. The fraction of sp³-hybridized carbons (Fsp3) is 0.600. The lowest BCUT2D eigenvalue weighted by molar-refractivity contribution is 0.316. The molecule has 96 valence electrons. The number of nitrogens with one attached hydrogen (secondary N) is 1. The minimum Gasteiger partial charge on any atom is -0.494 e. The molecule has 1 rings (SSSR count). The molecular weight excluding hydrogens is 210 g/mol. The van der Waals surface area contributed by atoms with Crippen LogP contribution in [0.25, 0.3) is 0 Å². The zero-order chi connectivity index (χ0) is 12.7. The SMILES string of the molecule is CCCOc1cccc(C(C)NC(C)CC)c1. The Labute approximate surface area is 105 Å². The summed E-state index contributed by atoms with van der Waals surface area (Å²) in [6.07, 6.45) is 2.20. The highest BCUT2D eigenvalue weighted by Gasteiger charge is 2.08. The van der Waals surface area contributed by atoms with E-state index in [0.717, 1.165) is 25.2 Å². The Kier molecular flexibility index (Phi) is 6.06. The first kappa shape index (κ1) is 14.0. The molecule has 0 saturated heterocycles. The van der Waals surface area contributed by atoms with Gasteiger partial charge in [-0.2, -0.15) is 0 Å². The average Bonchev–Trinajstić information content (AvgIpc) is 2.36. The molecule has 0 aliphatic rings. The summed E-state index contributed by atoms with van der Waals surface area (Å²) in [5.74, 6) is 0.974. The van der Waals surface area contributed by atoms with Crippen LogP contribution in [0.3, 0.4) is 0 Å². The van der Waals surface area contributed by atoms with Crippen LogP contribution >= 0.6 is 0 Å². The van der Waals surface area contributed by atoms with Crippen molar-refractivity contribution in [1.29, 1.82) is 0 Å². The van der Waals surface area contributed by atoms with Crippen LogP contribution in [0.5, 0.6) is 5.75 Å². The third-order valence-corrected chi connectivity index (χ3v) is 2.98. The lowest BCUT2D eigenvalue weighted by Crippen LogP contribution is -2.28. The molecule has 0 aliphatic carbocycles. The van der Waals surface area contributed by atoms with Gasteiger partial charge in [-0.1, -0.05) is 26.0 Å². The third kappa shape index (κ3) is 4.78. The first-order valence-corrected chi connectivity index (χ1v) is 6.66. The maximum Gasteiger partial charge on any atom is 0.119 e. The van der Waals surface area contributed by atoms with E-state index in [4.69, 9.17) is 4.74 Å². The van der Waals surface area contributed by atoms with Crippen LogP contribution in [0.1, 0.15) is 52.1 Å². The molecule has 0 bridgehead atoms. The van der Waals surface area contributed by atoms with Crippen LogP contribution < -0.4 is 10.1 Å². The summed E-state index contributed by atoms with van der Waals surface area (Å²) < 4.78 is 5.65. The van der Waals surface area contributed by atoms with Crippen molar-refractivity contribution in [2.45, 2.75) is 52.6 Å². The maximum absolute atomic E-state index is 5.65. The van der Waals surface area contributed by atoms with E-state index >= 15 is 0 Å². The normalized spacial score (nSPS) is 14.4. The maximum atomic E-state index is 5.65. The summed E-state index contributed by atoms with van der Waals surface area (Å²) in [7, 11) is 0. The van der Waals surface area contributed by atoms with E-state index in [2.05, 4.69) is 51.2 Å². The van der Waals surface area contributed by atoms with E-state index < -0.39 is 0 Å². The van der Waals surface area contributed by atoms with Gasteiger partial charge in [0, 0.05) is 12.1 Å². The van der Waals surface area contributed by atoms with Gasteiger partial charge in [0.05, 0.1) is 6.61 Å². The zero-order valence-electron chi connectivity index (χ0n) is 11.5. The van der Waals surface area contributed by atoms with Crippen molar-refractivity contribution in [3.63, 3.8) is 0 Å². The van der Waals surface area contributed by atoms with Gasteiger partial charge in [0.15, 0.2) is 0 Å². The molecule has 0 aromatic heterocycles. The van der Waals surface area contributed by atoms with Gasteiger partial charge in [0.2, 0.25) is 0 Å². The van der Waals surface area contributed by atoms with E-state index in [1.165, 1.54) is 5.56 Å². The minimum atomic E-state index is 0.370. The van der Waals surface area contributed by atoms with Gasteiger partial charge in [0.1, 0.15) is 5.75 Å². The Bertz CT molecular complexity index is 324. The highest BCUT2D eigenvalue weighted by atomic mass is 16.5. The molecule has 1 aromatic rings. The zero-order valence-corrected chi connectivity index (χ0v) is 11.5. The predicted octanol–water partition coefficient (Wildman–Crippen LogP) is 3.92. The van der Waals surface area contributed by atoms with E-state index in [-0.39, 0.29) is 0 Å². The highest BCUT2D eigenvalue weighted by Crippen LogP contribution is 2.19. The van der Waals surface area contributed by atoms with Crippen LogP contribution in [0.2, 0.25) is 0 Å². The summed E-state index contributed by atoms with van der Waals surface area (Å²) in [5.41, 5.74) is 1.29. The van der Waals surface area contributed by atoms with Crippen molar-refractivity contribution in [2.75, 3.05) is 6.61 Å². The van der Waals surface area contributed by atoms with Gasteiger partial charge in [0.25, 0.3) is 0 Å². The molecule has 2 nitrogen and oxygen atoms in total. The first-order chi connectivity index (χ1) is 8.17. The number of ether oxygens (including phenoxy) is 1. The molecule has 1 N–H and O–H groups in total. The molecule has 0 aliphatic heterocycles. The number of rotatable bonds is 7. The number of benzene rings is 1. The van der Waals surface area contributed by atoms with Gasteiger partial charge < -0.3 is 10.1 Å².